The second-order valence-electron chi connectivity index (χ2n) is 7.66. The summed E-state index contributed by atoms with van der Waals surface area (Å²) in [5.74, 6) is 0.437. The number of likely N-dealkylation sites (N-methyl/N-ethyl adjacent to an activating group) is 1. The van der Waals surface area contributed by atoms with Crippen LogP contribution in [0.3, 0.4) is 0 Å². The van der Waals surface area contributed by atoms with Crippen LogP contribution in [0.5, 0.6) is 0 Å². The Morgan fingerprint density at radius 1 is 1.15 bits per heavy atom. The number of nitro benzene ring substituents is 1. The molecule has 0 spiro atoms. The molecule has 1 saturated heterocycles. The van der Waals surface area contributed by atoms with Gasteiger partial charge >= 0.3 is 0 Å². The number of hydrogen-bond acceptors (Lipinski definition) is 6. The average Bonchev–Trinajstić information content (AvgIpc) is 2.64. The third-order valence-electron chi connectivity index (χ3n) is 5.72. The van der Waals surface area contributed by atoms with Gasteiger partial charge in [-0.2, -0.15) is 4.31 Å². The van der Waals surface area contributed by atoms with Crippen molar-refractivity contribution in [2.24, 2.45) is 5.92 Å². The normalized spacial score (nSPS) is 25.3. The maximum atomic E-state index is 12.9. The van der Waals surface area contributed by atoms with Crippen LogP contribution in [-0.2, 0) is 10.0 Å². The molecule has 0 bridgehead atoms. The van der Waals surface area contributed by atoms with Crippen LogP contribution in [-0.4, -0.2) is 61.8 Å². The fourth-order valence-corrected chi connectivity index (χ4v) is 5.30. The second kappa shape index (κ2) is 8.12. The van der Waals surface area contributed by atoms with Crippen molar-refractivity contribution >= 4 is 21.4 Å². The summed E-state index contributed by atoms with van der Waals surface area (Å²) in [4.78, 5) is 13.1. The van der Waals surface area contributed by atoms with E-state index in [1.54, 1.807) is 6.07 Å². The Morgan fingerprint density at radius 3 is 2.44 bits per heavy atom. The number of piperazine rings is 1. The molecule has 1 aromatic carbocycles. The summed E-state index contributed by atoms with van der Waals surface area (Å²) >= 11 is 0. The first-order valence-electron chi connectivity index (χ1n) is 9.52. The Bertz CT molecular complexity index is 791. The minimum atomic E-state index is -3.73. The minimum absolute atomic E-state index is 0.0130. The number of nitrogens with zero attached hydrogens (tertiary/aromatic N) is 3. The lowest BCUT2D eigenvalue weighted by Crippen LogP contribution is -2.47. The van der Waals surface area contributed by atoms with Crippen LogP contribution in [0.4, 0.5) is 11.4 Å². The zero-order valence-electron chi connectivity index (χ0n) is 15.9. The molecule has 0 amide bonds. The quantitative estimate of drug-likeness (QED) is 0.607. The van der Waals surface area contributed by atoms with Gasteiger partial charge in [-0.25, -0.2) is 8.42 Å². The third kappa shape index (κ3) is 4.41. The lowest BCUT2D eigenvalue weighted by atomic mass is 9.86. The summed E-state index contributed by atoms with van der Waals surface area (Å²) in [5.41, 5.74) is 0.221. The van der Waals surface area contributed by atoms with Gasteiger partial charge in [0.1, 0.15) is 5.69 Å². The van der Waals surface area contributed by atoms with E-state index in [9.17, 15) is 18.5 Å². The van der Waals surface area contributed by atoms with Gasteiger partial charge < -0.3 is 10.2 Å². The van der Waals surface area contributed by atoms with E-state index >= 15 is 0 Å². The fourth-order valence-electron chi connectivity index (χ4n) is 3.85. The zero-order valence-corrected chi connectivity index (χ0v) is 16.7. The van der Waals surface area contributed by atoms with Crippen molar-refractivity contribution in [2.75, 3.05) is 38.5 Å². The predicted molar refractivity (Wildman–Crippen MR) is 104 cm³/mol. The summed E-state index contributed by atoms with van der Waals surface area (Å²) in [6, 6.07) is 4.40. The van der Waals surface area contributed by atoms with Crippen LogP contribution in [0.2, 0.25) is 0 Å². The predicted octanol–water partition coefficient (Wildman–Crippen LogP) is 2.52. The number of nitro groups is 1. The lowest BCUT2D eigenvalue weighted by Gasteiger charge is -2.32. The summed E-state index contributed by atoms with van der Waals surface area (Å²) in [6.45, 7) is 4.24. The maximum Gasteiger partial charge on any atom is 0.293 e. The monoisotopic (exact) mass is 396 g/mol. The number of benzene rings is 1. The van der Waals surface area contributed by atoms with Crippen molar-refractivity contribution in [1.82, 2.24) is 9.21 Å². The molecule has 1 aliphatic heterocycles. The zero-order chi connectivity index (χ0) is 19.6. The highest BCUT2D eigenvalue weighted by molar-refractivity contribution is 7.89. The summed E-state index contributed by atoms with van der Waals surface area (Å²) in [5, 5.41) is 14.9. The Balaban J connectivity index is 1.86. The van der Waals surface area contributed by atoms with Crippen LogP contribution >= 0.6 is 0 Å². The number of sulfonamides is 1. The molecule has 2 atom stereocenters. The van der Waals surface area contributed by atoms with E-state index in [-0.39, 0.29) is 16.6 Å². The highest BCUT2D eigenvalue weighted by Gasteiger charge is 2.30. The first kappa shape index (κ1) is 20.0. The van der Waals surface area contributed by atoms with E-state index in [1.165, 1.54) is 22.9 Å². The minimum Gasteiger partial charge on any atom is -0.376 e. The summed E-state index contributed by atoms with van der Waals surface area (Å²) in [7, 11) is -1.78. The van der Waals surface area contributed by atoms with Crippen molar-refractivity contribution in [3.05, 3.63) is 28.3 Å². The van der Waals surface area contributed by atoms with Gasteiger partial charge in [-0.3, -0.25) is 10.1 Å². The van der Waals surface area contributed by atoms with Gasteiger partial charge in [-0.05, 0) is 37.9 Å². The van der Waals surface area contributed by atoms with Gasteiger partial charge in [0.25, 0.3) is 5.69 Å². The topological polar surface area (TPSA) is 95.8 Å². The number of hydrogen-bond donors (Lipinski definition) is 1. The van der Waals surface area contributed by atoms with Gasteiger partial charge in [0.05, 0.1) is 9.82 Å². The molecule has 3 rings (SSSR count). The first-order valence-corrected chi connectivity index (χ1v) is 11.0. The largest absolute Gasteiger partial charge is 0.376 e. The summed E-state index contributed by atoms with van der Waals surface area (Å²) < 4.78 is 27.2. The molecule has 2 fully saturated rings. The van der Waals surface area contributed by atoms with Crippen LogP contribution in [0.1, 0.15) is 32.6 Å². The highest BCUT2D eigenvalue weighted by atomic mass is 32.2. The van der Waals surface area contributed by atoms with Crippen molar-refractivity contribution < 1.29 is 13.3 Å². The number of rotatable bonds is 5. The van der Waals surface area contributed by atoms with Crippen molar-refractivity contribution in [3.63, 3.8) is 0 Å². The van der Waals surface area contributed by atoms with Gasteiger partial charge in [0.2, 0.25) is 10.0 Å². The van der Waals surface area contributed by atoms with Gasteiger partial charge in [0, 0.05) is 38.3 Å². The highest BCUT2D eigenvalue weighted by Crippen LogP contribution is 2.33. The fraction of sp³-hybridized carbons (Fsp3) is 0.667. The Hall–Kier alpha value is -1.71. The molecule has 1 aromatic rings. The second-order valence-corrected chi connectivity index (χ2v) is 9.59. The molecule has 1 N–H and O–H groups in total. The molecule has 9 heteroatoms. The molecule has 0 aromatic heterocycles. The van der Waals surface area contributed by atoms with Gasteiger partial charge in [-0.1, -0.05) is 19.8 Å². The van der Waals surface area contributed by atoms with Crippen molar-refractivity contribution in [1.29, 1.82) is 0 Å². The van der Waals surface area contributed by atoms with Crippen LogP contribution in [0.15, 0.2) is 23.1 Å². The van der Waals surface area contributed by atoms with Crippen molar-refractivity contribution in [2.45, 2.75) is 43.5 Å². The molecule has 27 heavy (non-hydrogen) atoms. The van der Waals surface area contributed by atoms with Gasteiger partial charge in [0.15, 0.2) is 0 Å². The average molecular weight is 397 g/mol. The Morgan fingerprint density at radius 2 is 1.81 bits per heavy atom. The smallest absolute Gasteiger partial charge is 0.293 e. The van der Waals surface area contributed by atoms with E-state index in [0.717, 1.165) is 19.3 Å². The lowest BCUT2D eigenvalue weighted by molar-refractivity contribution is -0.384. The molecule has 1 saturated carbocycles. The molecular weight excluding hydrogens is 368 g/mol. The molecule has 8 nitrogen and oxygen atoms in total. The van der Waals surface area contributed by atoms with E-state index in [2.05, 4.69) is 17.1 Å². The van der Waals surface area contributed by atoms with E-state index in [0.29, 0.717) is 37.8 Å². The van der Waals surface area contributed by atoms with Crippen molar-refractivity contribution in [3.8, 4) is 0 Å². The van der Waals surface area contributed by atoms with Crippen LogP contribution in [0, 0.1) is 16.0 Å². The van der Waals surface area contributed by atoms with Gasteiger partial charge in [-0.15, -0.1) is 0 Å². The molecule has 150 valence electrons. The van der Waals surface area contributed by atoms with E-state index < -0.39 is 14.9 Å². The molecule has 1 aliphatic carbocycles. The Labute approximate surface area is 160 Å². The molecule has 2 aliphatic rings. The summed E-state index contributed by atoms with van der Waals surface area (Å²) in [6.07, 6.45) is 4.36. The first-order chi connectivity index (χ1) is 12.8. The molecule has 0 radical (unpaired) electrons. The molecule has 1 heterocycles. The third-order valence-corrected chi connectivity index (χ3v) is 7.61. The maximum absolute atomic E-state index is 12.9. The molecule has 0 unspecified atom stereocenters. The standard InChI is InChI=1S/C18H28N4O4S/c1-14-5-3-4-6-16(14)19-17-8-7-15(13-18(17)22(23)24)27(25,26)21-11-9-20(2)10-12-21/h7-8,13-14,16,19H,3-6,9-12H2,1-2H3/t14-,16-/m0/s1. The number of nitrogens with one attached hydrogen (secondary N) is 1. The number of anilines is 1. The van der Waals surface area contributed by atoms with E-state index in [4.69, 9.17) is 0 Å². The SMILES string of the molecule is C[C@H]1CCCC[C@@H]1Nc1ccc(S(=O)(=O)N2CCN(C)CC2)cc1[N+](=O)[O-]. The van der Waals surface area contributed by atoms with E-state index in [1.807, 2.05) is 7.05 Å². The Kier molecular flexibility index (Phi) is 6.02. The van der Waals surface area contributed by atoms with Crippen LogP contribution in [0.25, 0.3) is 0 Å². The van der Waals surface area contributed by atoms with Crippen LogP contribution < -0.4 is 5.32 Å². The molecular formula is C18H28N4O4S.